The molecule has 1 aliphatic carbocycles. The van der Waals surface area contributed by atoms with Crippen molar-refractivity contribution in [3.63, 3.8) is 0 Å². The molecule has 1 aromatic carbocycles. The van der Waals surface area contributed by atoms with Crippen LogP contribution in [0.2, 0.25) is 0 Å². The van der Waals surface area contributed by atoms with Crippen LogP contribution in [0.1, 0.15) is 31.7 Å². The maximum absolute atomic E-state index is 13.4. The number of hydrogen-bond acceptors (Lipinski definition) is 2. The number of carbonyl (C=O) groups excluding carboxylic acids is 1. The summed E-state index contributed by atoms with van der Waals surface area (Å²) in [4.78, 5) is 23.3. The van der Waals surface area contributed by atoms with Crippen molar-refractivity contribution in [3.05, 3.63) is 29.6 Å². The van der Waals surface area contributed by atoms with Gasteiger partial charge in [-0.1, -0.05) is 12.5 Å². The van der Waals surface area contributed by atoms with E-state index in [-0.39, 0.29) is 0 Å². The molecule has 114 valence electrons. The second-order valence-electron chi connectivity index (χ2n) is 5.73. The van der Waals surface area contributed by atoms with Gasteiger partial charge in [-0.05, 0) is 44.4 Å². The molecule has 1 fully saturated rings. The van der Waals surface area contributed by atoms with Crippen molar-refractivity contribution in [3.8, 4) is 0 Å². The van der Waals surface area contributed by atoms with Gasteiger partial charge in [0.15, 0.2) is 0 Å². The van der Waals surface area contributed by atoms with Gasteiger partial charge in [-0.25, -0.2) is 9.18 Å². The van der Waals surface area contributed by atoms with Gasteiger partial charge in [0.25, 0.3) is 0 Å². The van der Waals surface area contributed by atoms with Gasteiger partial charge in [0.05, 0.1) is 5.41 Å². The van der Waals surface area contributed by atoms with Crippen LogP contribution in [-0.2, 0) is 4.79 Å². The highest BCUT2D eigenvalue weighted by Crippen LogP contribution is 2.38. The zero-order valence-corrected chi connectivity index (χ0v) is 12.1. The zero-order chi connectivity index (χ0) is 15.6. The standard InChI is InChI=1S/C15H19FN2O3/c1-9-5-6-10(8-11(9)16)17-14(21)18-12-4-3-7-15(12,2)13(19)20/h5-6,8,12H,3-4,7H2,1-2H3,(H,19,20)(H2,17,18,21). The third-order valence-electron chi connectivity index (χ3n) is 4.18. The van der Waals surface area contributed by atoms with Crippen LogP contribution in [0.4, 0.5) is 14.9 Å². The molecule has 2 atom stereocenters. The van der Waals surface area contributed by atoms with Gasteiger partial charge < -0.3 is 15.7 Å². The summed E-state index contributed by atoms with van der Waals surface area (Å²) >= 11 is 0. The number of benzene rings is 1. The number of halogens is 1. The van der Waals surface area contributed by atoms with E-state index in [1.807, 2.05) is 0 Å². The Morgan fingerprint density at radius 1 is 1.43 bits per heavy atom. The van der Waals surface area contributed by atoms with Gasteiger partial charge in [0, 0.05) is 11.7 Å². The van der Waals surface area contributed by atoms with Crippen molar-refractivity contribution in [1.82, 2.24) is 5.32 Å². The minimum Gasteiger partial charge on any atom is -0.481 e. The summed E-state index contributed by atoms with van der Waals surface area (Å²) < 4.78 is 13.4. The summed E-state index contributed by atoms with van der Waals surface area (Å²) in [5.74, 6) is -1.31. The molecule has 0 radical (unpaired) electrons. The fourth-order valence-corrected chi connectivity index (χ4v) is 2.65. The van der Waals surface area contributed by atoms with E-state index in [0.717, 1.165) is 6.42 Å². The molecule has 0 saturated heterocycles. The number of urea groups is 1. The second-order valence-corrected chi connectivity index (χ2v) is 5.73. The number of anilines is 1. The maximum Gasteiger partial charge on any atom is 0.319 e. The molecule has 1 saturated carbocycles. The number of hydrogen-bond donors (Lipinski definition) is 3. The minimum atomic E-state index is -0.949. The third-order valence-corrected chi connectivity index (χ3v) is 4.18. The number of aryl methyl sites for hydroxylation is 1. The molecule has 0 heterocycles. The predicted octanol–water partition coefficient (Wildman–Crippen LogP) is 2.90. The van der Waals surface area contributed by atoms with Crippen molar-refractivity contribution in [1.29, 1.82) is 0 Å². The molecule has 0 spiro atoms. The molecule has 6 heteroatoms. The van der Waals surface area contributed by atoms with Gasteiger partial charge in [-0.2, -0.15) is 0 Å². The van der Waals surface area contributed by atoms with Crippen molar-refractivity contribution < 1.29 is 19.1 Å². The number of amides is 2. The Kier molecular flexibility index (Phi) is 4.16. The number of carbonyl (C=O) groups is 2. The predicted molar refractivity (Wildman–Crippen MR) is 76.7 cm³/mol. The highest BCUT2D eigenvalue weighted by molar-refractivity contribution is 5.90. The highest BCUT2D eigenvalue weighted by atomic mass is 19.1. The van der Waals surface area contributed by atoms with E-state index >= 15 is 0 Å². The van der Waals surface area contributed by atoms with Crippen molar-refractivity contribution in [2.75, 3.05) is 5.32 Å². The number of rotatable bonds is 3. The highest BCUT2D eigenvalue weighted by Gasteiger charge is 2.45. The Morgan fingerprint density at radius 2 is 2.14 bits per heavy atom. The second kappa shape index (κ2) is 5.71. The Labute approximate surface area is 122 Å². The first-order valence-corrected chi connectivity index (χ1v) is 6.90. The molecule has 0 aromatic heterocycles. The van der Waals surface area contributed by atoms with Crippen LogP contribution in [0.25, 0.3) is 0 Å². The SMILES string of the molecule is Cc1ccc(NC(=O)NC2CCCC2(C)C(=O)O)cc1F. The first kappa shape index (κ1) is 15.3. The minimum absolute atomic E-state index is 0.339. The number of carboxylic acids is 1. The number of nitrogens with one attached hydrogen (secondary N) is 2. The van der Waals surface area contributed by atoms with Crippen molar-refractivity contribution in [2.45, 2.75) is 39.2 Å². The average molecular weight is 294 g/mol. The Hall–Kier alpha value is -2.11. The largest absolute Gasteiger partial charge is 0.481 e. The Bertz CT molecular complexity index is 576. The summed E-state index contributed by atoms with van der Waals surface area (Å²) in [6.07, 6.45) is 1.91. The first-order valence-electron chi connectivity index (χ1n) is 6.90. The van der Waals surface area contributed by atoms with E-state index in [0.29, 0.717) is 24.1 Å². The summed E-state index contributed by atoms with van der Waals surface area (Å²) in [7, 11) is 0. The monoisotopic (exact) mass is 294 g/mol. The van der Waals surface area contributed by atoms with E-state index < -0.39 is 29.3 Å². The molecular formula is C15H19FN2O3. The van der Waals surface area contributed by atoms with Crippen LogP contribution in [0.5, 0.6) is 0 Å². The van der Waals surface area contributed by atoms with Gasteiger partial charge in [-0.15, -0.1) is 0 Å². The molecule has 0 aliphatic heterocycles. The Morgan fingerprint density at radius 3 is 2.76 bits per heavy atom. The zero-order valence-electron chi connectivity index (χ0n) is 12.1. The number of aliphatic carboxylic acids is 1. The van der Waals surface area contributed by atoms with Crippen LogP contribution in [-0.4, -0.2) is 23.1 Å². The van der Waals surface area contributed by atoms with Gasteiger partial charge in [-0.3, -0.25) is 4.79 Å². The van der Waals surface area contributed by atoms with Crippen LogP contribution in [0, 0.1) is 18.2 Å². The lowest BCUT2D eigenvalue weighted by molar-refractivity contribution is -0.148. The van der Waals surface area contributed by atoms with Crippen LogP contribution >= 0.6 is 0 Å². The van der Waals surface area contributed by atoms with Gasteiger partial charge in [0.2, 0.25) is 0 Å². The third kappa shape index (κ3) is 3.15. The molecule has 3 N–H and O–H groups in total. The fraction of sp³-hybridized carbons (Fsp3) is 0.467. The fourth-order valence-electron chi connectivity index (χ4n) is 2.65. The molecule has 2 unspecified atom stereocenters. The van der Waals surface area contributed by atoms with Crippen molar-refractivity contribution in [2.24, 2.45) is 5.41 Å². The molecule has 5 nitrogen and oxygen atoms in total. The summed E-state index contributed by atoms with van der Waals surface area (Å²) in [6.45, 7) is 3.27. The van der Waals surface area contributed by atoms with Gasteiger partial charge in [0.1, 0.15) is 5.82 Å². The average Bonchev–Trinajstić information content (AvgIpc) is 2.77. The molecule has 1 aromatic rings. The van der Waals surface area contributed by atoms with Crippen LogP contribution < -0.4 is 10.6 Å². The molecular weight excluding hydrogens is 275 g/mol. The lowest BCUT2D eigenvalue weighted by atomic mass is 9.85. The lowest BCUT2D eigenvalue weighted by Crippen LogP contribution is -2.48. The smallest absolute Gasteiger partial charge is 0.319 e. The van der Waals surface area contributed by atoms with E-state index in [1.165, 1.54) is 6.07 Å². The molecule has 21 heavy (non-hydrogen) atoms. The van der Waals surface area contributed by atoms with Gasteiger partial charge >= 0.3 is 12.0 Å². The molecule has 1 aliphatic rings. The van der Waals surface area contributed by atoms with Crippen LogP contribution in [0.15, 0.2) is 18.2 Å². The van der Waals surface area contributed by atoms with E-state index in [1.54, 1.807) is 26.0 Å². The molecule has 0 bridgehead atoms. The normalized spacial score (nSPS) is 24.6. The summed E-state index contributed by atoms with van der Waals surface area (Å²) in [5, 5.41) is 14.5. The molecule has 2 amide bonds. The first-order chi connectivity index (χ1) is 9.83. The number of carboxylic acid groups (broad SMARTS) is 1. The van der Waals surface area contributed by atoms with Crippen LogP contribution in [0.3, 0.4) is 0 Å². The van der Waals surface area contributed by atoms with E-state index in [2.05, 4.69) is 10.6 Å². The summed E-state index contributed by atoms with van der Waals surface area (Å²) in [5.41, 5.74) is -0.114. The van der Waals surface area contributed by atoms with Crippen molar-refractivity contribution >= 4 is 17.7 Å². The Balaban J connectivity index is 2.01. The molecule has 2 rings (SSSR count). The summed E-state index contributed by atoms with van der Waals surface area (Å²) in [6, 6.07) is 3.47. The lowest BCUT2D eigenvalue weighted by Gasteiger charge is -2.27. The van der Waals surface area contributed by atoms with E-state index in [4.69, 9.17) is 0 Å². The maximum atomic E-state index is 13.4. The quantitative estimate of drug-likeness (QED) is 0.802. The topological polar surface area (TPSA) is 78.4 Å². The van der Waals surface area contributed by atoms with E-state index in [9.17, 15) is 19.1 Å².